The molecule has 5 nitrogen and oxygen atoms in total. The van der Waals surface area contributed by atoms with Gasteiger partial charge in [-0.2, -0.15) is 13.2 Å². The molecule has 0 fully saturated rings. The molecule has 0 heterocycles. The van der Waals surface area contributed by atoms with Crippen LogP contribution in [0.3, 0.4) is 0 Å². The summed E-state index contributed by atoms with van der Waals surface area (Å²) in [6.45, 7) is 1.10. The number of aryl methyl sites for hydroxylation is 1. The first kappa shape index (κ1) is 24.5. The Morgan fingerprint density at radius 2 is 1.86 bits per heavy atom. The predicted octanol–water partition coefficient (Wildman–Crippen LogP) is 3.12. The summed E-state index contributed by atoms with van der Waals surface area (Å²) >= 11 is 0. The zero-order chi connectivity index (χ0) is 21.5. The van der Waals surface area contributed by atoms with Gasteiger partial charge in [-0.1, -0.05) is 42.7 Å². The highest BCUT2D eigenvalue weighted by atomic mass is 19.4. The molecule has 2 amide bonds. The number of carbonyl (C=O) groups is 2. The summed E-state index contributed by atoms with van der Waals surface area (Å²) < 4.78 is 37.9. The van der Waals surface area contributed by atoms with Gasteiger partial charge in [-0.05, 0) is 31.2 Å². The van der Waals surface area contributed by atoms with Gasteiger partial charge >= 0.3 is 12.1 Å². The minimum absolute atomic E-state index is 0.0431. The van der Waals surface area contributed by atoms with E-state index in [1.165, 1.54) is 24.8 Å². The number of nitrogens with two attached hydrogens (primary N) is 1. The Morgan fingerprint density at radius 1 is 1.17 bits per heavy atom. The molecular formula is C21H27F3N2O3. The average Bonchev–Trinajstić information content (AvgIpc) is 2.65. The van der Waals surface area contributed by atoms with Crippen LogP contribution in [0.15, 0.2) is 30.3 Å². The second kappa shape index (κ2) is 13.6. The van der Waals surface area contributed by atoms with Crippen molar-refractivity contribution in [3.8, 4) is 11.8 Å². The largest absolute Gasteiger partial charge is 0.470 e. The molecule has 29 heavy (non-hydrogen) atoms. The van der Waals surface area contributed by atoms with Crippen LogP contribution in [-0.4, -0.2) is 37.2 Å². The van der Waals surface area contributed by atoms with Crippen molar-refractivity contribution in [3.05, 3.63) is 35.9 Å². The van der Waals surface area contributed by atoms with Crippen LogP contribution in [0.5, 0.6) is 0 Å². The Bertz CT molecular complexity index is 682. The van der Waals surface area contributed by atoms with Crippen molar-refractivity contribution >= 4 is 11.8 Å². The third kappa shape index (κ3) is 12.5. The Labute approximate surface area is 169 Å². The van der Waals surface area contributed by atoms with Gasteiger partial charge in [-0.3, -0.25) is 9.59 Å². The van der Waals surface area contributed by atoms with E-state index in [1.807, 2.05) is 30.3 Å². The molecule has 1 aliphatic carbocycles. The first-order valence-electron chi connectivity index (χ1n) is 9.56. The fraction of sp³-hybridized carbons (Fsp3) is 0.524. The zero-order valence-electron chi connectivity index (χ0n) is 16.3. The Hall–Kier alpha value is -2.53. The summed E-state index contributed by atoms with van der Waals surface area (Å²) in [5.74, 6) is 4.16. The highest BCUT2D eigenvalue weighted by Crippen LogP contribution is 2.12. The molecular weight excluding hydrogens is 385 g/mol. The molecule has 1 unspecified atom stereocenters. The van der Waals surface area contributed by atoms with E-state index in [0.717, 1.165) is 19.3 Å². The highest BCUT2D eigenvalue weighted by molar-refractivity contribution is 5.79. The van der Waals surface area contributed by atoms with Crippen LogP contribution in [-0.2, 0) is 20.7 Å². The van der Waals surface area contributed by atoms with E-state index in [9.17, 15) is 18.0 Å². The van der Waals surface area contributed by atoms with Crippen molar-refractivity contribution in [2.75, 3.05) is 13.2 Å². The number of carbonyl (C=O) groups excluding carboxylic acids is 2. The van der Waals surface area contributed by atoms with Crippen LogP contribution in [0.1, 0.15) is 44.1 Å². The van der Waals surface area contributed by atoms with Crippen LogP contribution < -0.4 is 11.1 Å². The quantitative estimate of drug-likeness (QED) is 0.533. The van der Waals surface area contributed by atoms with Crippen molar-refractivity contribution < 1.29 is 27.5 Å². The lowest BCUT2D eigenvalue weighted by atomic mass is 10.1. The minimum atomic E-state index is -4.86. The highest BCUT2D eigenvalue weighted by Gasteiger charge is 2.35. The van der Waals surface area contributed by atoms with Crippen LogP contribution in [0.25, 0.3) is 0 Å². The van der Waals surface area contributed by atoms with E-state index >= 15 is 0 Å². The molecule has 3 N–H and O–H groups in total. The lowest BCUT2D eigenvalue weighted by Crippen LogP contribution is -2.30. The molecule has 0 aliphatic heterocycles. The summed E-state index contributed by atoms with van der Waals surface area (Å²) in [6.07, 6.45) is 2.10. The summed E-state index contributed by atoms with van der Waals surface area (Å²) in [5, 5.41) is 2.91. The Kier molecular flexibility index (Phi) is 11.5. The van der Waals surface area contributed by atoms with Gasteiger partial charge in [-0.25, -0.2) is 0 Å². The molecule has 1 atom stereocenters. The fourth-order valence-electron chi connectivity index (χ4n) is 2.49. The lowest BCUT2D eigenvalue weighted by molar-refractivity contribution is -0.169. The molecule has 0 saturated heterocycles. The number of primary amides is 1. The van der Waals surface area contributed by atoms with Gasteiger partial charge in [0.05, 0.1) is 6.61 Å². The number of hydrogen-bond acceptors (Lipinski definition) is 3. The molecule has 1 aromatic rings. The smallest absolute Gasteiger partial charge is 0.364 e. The third-order valence-corrected chi connectivity index (χ3v) is 4.04. The molecule has 1 aromatic carbocycles. The van der Waals surface area contributed by atoms with Gasteiger partial charge in [0.1, 0.15) is 6.10 Å². The summed E-state index contributed by atoms with van der Waals surface area (Å²) in [7, 11) is 0. The molecule has 0 radical (unpaired) electrons. The van der Waals surface area contributed by atoms with E-state index in [1.54, 1.807) is 0 Å². The molecule has 0 saturated carbocycles. The van der Waals surface area contributed by atoms with E-state index in [0.29, 0.717) is 19.6 Å². The Balaban J connectivity index is 0.000000516. The number of hydrogen-bond donors (Lipinski definition) is 2. The fourth-order valence-corrected chi connectivity index (χ4v) is 2.49. The molecule has 160 valence electrons. The number of nitrogens with one attached hydrogen (secondary N) is 1. The van der Waals surface area contributed by atoms with Crippen molar-refractivity contribution in [3.63, 3.8) is 0 Å². The van der Waals surface area contributed by atoms with E-state index in [-0.39, 0.29) is 12.0 Å². The number of rotatable bonds is 7. The van der Waals surface area contributed by atoms with Gasteiger partial charge in [-0.15, -0.1) is 5.92 Å². The number of amides is 2. The summed E-state index contributed by atoms with van der Waals surface area (Å²) in [6, 6.07) is 10.1. The van der Waals surface area contributed by atoms with E-state index < -0.39 is 12.1 Å². The third-order valence-electron chi connectivity index (χ3n) is 4.04. The number of alkyl halides is 3. The second-order valence-electron chi connectivity index (χ2n) is 6.48. The van der Waals surface area contributed by atoms with Crippen LogP contribution in [0.2, 0.25) is 0 Å². The summed E-state index contributed by atoms with van der Waals surface area (Å²) in [4.78, 5) is 20.9. The van der Waals surface area contributed by atoms with Crippen LogP contribution in [0.4, 0.5) is 13.2 Å². The second-order valence-corrected chi connectivity index (χ2v) is 6.48. The number of ether oxygens (including phenoxy) is 1. The first-order chi connectivity index (χ1) is 13.8. The molecule has 2 rings (SSSR count). The van der Waals surface area contributed by atoms with E-state index in [4.69, 9.17) is 9.53 Å². The van der Waals surface area contributed by atoms with Crippen molar-refractivity contribution in [1.82, 2.24) is 5.32 Å². The monoisotopic (exact) mass is 412 g/mol. The molecule has 0 bridgehead atoms. The van der Waals surface area contributed by atoms with Gasteiger partial charge in [0.2, 0.25) is 5.91 Å². The minimum Gasteiger partial charge on any atom is -0.364 e. The van der Waals surface area contributed by atoms with Crippen molar-refractivity contribution in [2.45, 2.75) is 57.2 Å². The summed E-state index contributed by atoms with van der Waals surface area (Å²) in [5.41, 5.74) is 5.00. The van der Waals surface area contributed by atoms with Crippen molar-refractivity contribution in [1.29, 1.82) is 0 Å². The van der Waals surface area contributed by atoms with Crippen LogP contribution >= 0.6 is 0 Å². The number of halogens is 3. The van der Waals surface area contributed by atoms with E-state index in [2.05, 4.69) is 22.9 Å². The zero-order valence-corrected chi connectivity index (χ0v) is 16.3. The van der Waals surface area contributed by atoms with Gasteiger partial charge in [0.25, 0.3) is 0 Å². The topological polar surface area (TPSA) is 81.4 Å². The molecule has 1 aliphatic rings. The van der Waals surface area contributed by atoms with Gasteiger partial charge in [0.15, 0.2) is 0 Å². The predicted molar refractivity (Wildman–Crippen MR) is 104 cm³/mol. The molecule has 0 spiro atoms. The molecule has 0 aromatic heterocycles. The van der Waals surface area contributed by atoms with Gasteiger partial charge in [0, 0.05) is 19.4 Å². The maximum absolute atomic E-state index is 11.8. The standard InChI is InChI=1S/C19H25NO2.C2H2F3NO/c21-19(14-13-17-9-5-4-6-10-17)20-15-16-22-18-11-7-2-1-3-8-12-18;3-2(4,5)1(6)7/h4-6,9-10,18H,1-3,7,11,13-16H2,(H,20,21);(H2,6,7). The maximum atomic E-state index is 11.8. The average molecular weight is 412 g/mol. The number of benzene rings is 1. The normalized spacial score (nSPS) is 16.2. The maximum Gasteiger partial charge on any atom is 0.470 e. The first-order valence-corrected chi connectivity index (χ1v) is 9.56. The lowest BCUT2D eigenvalue weighted by Gasteiger charge is -2.14. The van der Waals surface area contributed by atoms with Crippen molar-refractivity contribution in [2.24, 2.45) is 5.73 Å². The van der Waals surface area contributed by atoms with Gasteiger partial charge < -0.3 is 15.8 Å². The van der Waals surface area contributed by atoms with Crippen LogP contribution in [0, 0.1) is 11.8 Å². The SMILES string of the molecule is NC(=O)C(F)(F)F.O=C(CCc1ccccc1)NCCOC1C#CCCCCC1. The molecule has 8 heteroatoms. The Morgan fingerprint density at radius 3 is 2.52 bits per heavy atom.